The Morgan fingerprint density at radius 2 is 2.29 bits per heavy atom. The number of aromatic nitrogens is 2. The number of hydrogen-bond acceptors (Lipinski definition) is 6. The van der Waals surface area contributed by atoms with Gasteiger partial charge in [-0.2, -0.15) is 0 Å². The number of H-pyrrole nitrogens is 1. The fraction of sp³-hybridized carbons (Fsp3) is 0.588. The molecule has 1 aliphatic rings. The predicted molar refractivity (Wildman–Crippen MR) is 92.4 cm³/mol. The highest BCUT2D eigenvalue weighted by Crippen LogP contribution is 2.35. The van der Waals surface area contributed by atoms with Crippen LogP contribution < -0.4 is 5.56 Å². The van der Waals surface area contributed by atoms with Gasteiger partial charge in [-0.1, -0.05) is 6.92 Å². The predicted octanol–water partition coefficient (Wildman–Crippen LogP) is 2.75. The molecule has 0 saturated carbocycles. The summed E-state index contributed by atoms with van der Waals surface area (Å²) in [6.07, 6.45) is 2.42. The van der Waals surface area contributed by atoms with E-state index in [1.54, 1.807) is 18.3 Å². The average Bonchev–Trinajstić information content (AvgIpc) is 2.90. The van der Waals surface area contributed by atoms with Crippen LogP contribution in [0, 0.1) is 5.92 Å². The summed E-state index contributed by atoms with van der Waals surface area (Å²) in [4.78, 5) is 33.5. The summed E-state index contributed by atoms with van der Waals surface area (Å²) in [6.45, 7) is 6.09. The van der Waals surface area contributed by atoms with Gasteiger partial charge in [0.15, 0.2) is 11.9 Å². The van der Waals surface area contributed by atoms with Gasteiger partial charge >= 0.3 is 5.97 Å². The number of aryl methyl sites for hydroxylation is 1. The number of carbonyl (C=O) groups is 1. The number of rotatable bonds is 5. The fourth-order valence-corrected chi connectivity index (χ4v) is 4.42. The van der Waals surface area contributed by atoms with Crippen molar-refractivity contribution in [2.45, 2.75) is 46.1 Å². The molecule has 0 aliphatic heterocycles. The van der Waals surface area contributed by atoms with E-state index in [1.807, 2.05) is 6.92 Å². The highest BCUT2D eigenvalue weighted by Gasteiger charge is 2.24. The van der Waals surface area contributed by atoms with E-state index in [0.29, 0.717) is 23.7 Å². The summed E-state index contributed by atoms with van der Waals surface area (Å²) in [5.41, 5.74) is 1.00. The zero-order valence-corrected chi connectivity index (χ0v) is 15.0. The number of aromatic amines is 1. The fourth-order valence-electron chi connectivity index (χ4n) is 3.03. The third-order valence-corrected chi connectivity index (χ3v) is 5.45. The number of carbonyl (C=O) groups excluding carboxylic acids is 1. The van der Waals surface area contributed by atoms with Gasteiger partial charge in [0.05, 0.1) is 5.39 Å². The Morgan fingerprint density at radius 1 is 1.50 bits per heavy atom. The third-order valence-electron chi connectivity index (χ3n) is 4.30. The van der Waals surface area contributed by atoms with Crippen LogP contribution in [0.5, 0.6) is 0 Å². The number of hydrogen-bond donors (Lipinski definition) is 1. The molecular weight excluding hydrogens is 328 g/mol. The molecule has 0 saturated heterocycles. The number of esters is 1. The van der Waals surface area contributed by atoms with Gasteiger partial charge in [0.25, 0.3) is 5.56 Å². The van der Waals surface area contributed by atoms with Crippen molar-refractivity contribution in [3.8, 4) is 0 Å². The Kier molecular flexibility index (Phi) is 5.01. The van der Waals surface area contributed by atoms with Crippen molar-refractivity contribution in [1.82, 2.24) is 9.97 Å². The Balaban J connectivity index is 1.88. The van der Waals surface area contributed by atoms with Crippen molar-refractivity contribution >= 4 is 27.5 Å². The van der Waals surface area contributed by atoms with Gasteiger partial charge in [0.1, 0.15) is 11.4 Å². The molecule has 1 aliphatic carbocycles. The van der Waals surface area contributed by atoms with Crippen LogP contribution in [0.25, 0.3) is 10.2 Å². The van der Waals surface area contributed by atoms with Crippen molar-refractivity contribution in [3.63, 3.8) is 0 Å². The second-order valence-corrected chi connectivity index (χ2v) is 7.34. The number of nitrogens with zero attached hydrogens (tertiary/aromatic N) is 1. The minimum absolute atomic E-state index is 0.0987. The molecule has 7 heteroatoms. The number of fused-ring (bicyclic) bond motifs is 3. The van der Waals surface area contributed by atoms with Crippen molar-refractivity contribution in [3.05, 3.63) is 26.6 Å². The molecular formula is C17H22N2O4S. The average molecular weight is 350 g/mol. The SMILES string of the molecule is CCOCC(=O)O[C@H](C)c1nc2sc3c(c2c(=O)[nH]1)CC[C@@H](C)C3. The molecule has 24 heavy (non-hydrogen) atoms. The van der Waals surface area contributed by atoms with Gasteiger partial charge in [0, 0.05) is 11.5 Å². The maximum absolute atomic E-state index is 12.5. The zero-order valence-electron chi connectivity index (χ0n) is 14.2. The second kappa shape index (κ2) is 7.03. The van der Waals surface area contributed by atoms with E-state index >= 15 is 0 Å². The summed E-state index contributed by atoms with van der Waals surface area (Å²) in [7, 11) is 0. The van der Waals surface area contributed by atoms with Gasteiger partial charge in [0.2, 0.25) is 0 Å². The summed E-state index contributed by atoms with van der Waals surface area (Å²) in [6, 6.07) is 0. The summed E-state index contributed by atoms with van der Waals surface area (Å²) in [5, 5.41) is 0.707. The monoisotopic (exact) mass is 350 g/mol. The van der Waals surface area contributed by atoms with E-state index in [9.17, 15) is 9.59 Å². The maximum Gasteiger partial charge on any atom is 0.332 e. The molecule has 2 aromatic rings. The van der Waals surface area contributed by atoms with Crippen LogP contribution in [0.2, 0.25) is 0 Å². The molecule has 2 atom stereocenters. The Labute approximate surface area is 144 Å². The highest BCUT2D eigenvalue weighted by molar-refractivity contribution is 7.18. The van der Waals surface area contributed by atoms with Crippen molar-refractivity contribution in [2.75, 3.05) is 13.2 Å². The number of thiophene rings is 1. The first-order valence-corrected chi connectivity index (χ1v) is 9.13. The molecule has 0 unspecified atom stereocenters. The van der Waals surface area contributed by atoms with E-state index in [4.69, 9.17) is 9.47 Å². The first-order chi connectivity index (χ1) is 11.5. The van der Waals surface area contributed by atoms with Gasteiger partial charge in [-0.05, 0) is 44.6 Å². The third kappa shape index (κ3) is 3.37. The van der Waals surface area contributed by atoms with Gasteiger partial charge < -0.3 is 14.5 Å². The second-order valence-electron chi connectivity index (χ2n) is 6.25. The van der Waals surface area contributed by atoms with Crippen molar-refractivity contribution < 1.29 is 14.3 Å². The topological polar surface area (TPSA) is 81.3 Å². The van der Waals surface area contributed by atoms with E-state index in [-0.39, 0.29) is 12.2 Å². The van der Waals surface area contributed by atoms with Crippen molar-refractivity contribution in [2.24, 2.45) is 5.92 Å². The molecule has 0 aromatic carbocycles. The summed E-state index contributed by atoms with van der Waals surface area (Å²) < 4.78 is 10.3. The van der Waals surface area contributed by atoms with Crippen LogP contribution >= 0.6 is 11.3 Å². The molecule has 0 fully saturated rings. The lowest BCUT2D eigenvalue weighted by Gasteiger charge is -2.17. The molecule has 1 N–H and O–H groups in total. The molecule has 2 aromatic heterocycles. The molecule has 0 amide bonds. The maximum atomic E-state index is 12.5. The van der Waals surface area contributed by atoms with Crippen LogP contribution in [0.4, 0.5) is 0 Å². The van der Waals surface area contributed by atoms with Gasteiger partial charge in [-0.15, -0.1) is 11.3 Å². The Hall–Kier alpha value is -1.73. The summed E-state index contributed by atoms with van der Waals surface area (Å²) >= 11 is 1.59. The molecule has 0 spiro atoms. The Morgan fingerprint density at radius 3 is 3.04 bits per heavy atom. The lowest BCUT2D eigenvalue weighted by molar-refractivity contribution is -0.154. The van der Waals surface area contributed by atoms with Gasteiger partial charge in [-0.3, -0.25) is 4.79 Å². The molecule has 2 heterocycles. The van der Waals surface area contributed by atoms with E-state index < -0.39 is 12.1 Å². The normalized spacial score (nSPS) is 18.4. The minimum atomic E-state index is -0.617. The number of nitrogens with one attached hydrogen (secondary N) is 1. The van der Waals surface area contributed by atoms with Crippen LogP contribution in [0.15, 0.2) is 4.79 Å². The van der Waals surface area contributed by atoms with Crippen LogP contribution in [-0.4, -0.2) is 29.2 Å². The molecule has 130 valence electrons. The van der Waals surface area contributed by atoms with Crippen LogP contribution in [0.3, 0.4) is 0 Å². The lowest BCUT2D eigenvalue weighted by Crippen LogP contribution is -2.20. The lowest BCUT2D eigenvalue weighted by atomic mass is 9.89. The first-order valence-electron chi connectivity index (χ1n) is 8.31. The van der Waals surface area contributed by atoms with Crippen molar-refractivity contribution in [1.29, 1.82) is 0 Å². The quantitative estimate of drug-likeness (QED) is 0.839. The molecule has 3 rings (SSSR count). The molecule has 0 radical (unpaired) electrons. The van der Waals surface area contributed by atoms with E-state index in [2.05, 4.69) is 16.9 Å². The molecule has 6 nitrogen and oxygen atoms in total. The zero-order chi connectivity index (χ0) is 17.3. The summed E-state index contributed by atoms with van der Waals surface area (Å²) in [5.74, 6) is 0.554. The largest absolute Gasteiger partial charge is 0.453 e. The standard InChI is InChI=1S/C17H22N2O4S/c1-4-22-8-13(20)23-10(3)15-18-16(21)14-11-6-5-9(2)7-12(11)24-17(14)19-15/h9-10H,4-8H2,1-3H3,(H,18,19,21)/t9-,10-/m1/s1. The van der Waals surface area contributed by atoms with Gasteiger partial charge in [-0.25, -0.2) is 9.78 Å². The molecule has 0 bridgehead atoms. The smallest absolute Gasteiger partial charge is 0.332 e. The van der Waals surface area contributed by atoms with E-state index in [1.165, 1.54) is 4.88 Å². The first kappa shape index (κ1) is 17.1. The highest BCUT2D eigenvalue weighted by atomic mass is 32.1. The number of ether oxygens (including phenoxy) is 2. The van der Waals surface area contributed by atoms with Crippen LogP contribution in [-0.2, 0) is 27.1 Å². The Bertz CT molecular complexity index is 811. The van der Waals surface area contributed by atoms with E-state index in [0.717, 1.165) is 29.7 Å². The van der Waals surface area contributed by atoms with Crippen LogP contribution in [0.1, 0.15) is 49.6 Å². The minimum Gasteiger partial charge on any atom is -0.453 e.